The Morgan fingerprint density at radius 2 is 1.28 bits per heavy atom. The summed E-state index contributed by atoms with van der Waals surface area (Å²) >= 11 is 0. The maximum Gasteiger partial charge on any atom is 0.145 e. The first-order valence-corrected chi connectivity index (χ1v) is 15.1. The van der Waals surface area contributed by atoms with Crippen LogP contribution in [0.3, 0.4) is 0 Å². The minimum Gasteiger partial charge on any atom is -0.292 e. The van der Waals surface area contributed by atoms with Gasteiger partial charge in [0.1, 0.15) is 5.82 Å². The number of aromatic nitrogens is 2. The number of fused-ring (bicyclic) bond motifs is 3. The smallest absolute Gasteiger partial charge is 0.145 e. The Kier molecular flexibility index (Phi) is 4.91. The second-order valence-electron chi connectivity index (χ2n) is 12.3. The van der Waals surface area contributed by atoms with Gasteiger partial charge in [0.05, 0.1) is 11.0 Å². The highest BCUT2D eigenvalue weighted by Crippen LogP contribution is 2.68. The summed E-state index contributed by atoms with van der Waals surface area (Å²) in [5.41, 5.74) is 11.9. The molecule has 2 nitrogen and oxygen atoms in total. The fourth-order valence-corrected chi connectivity index (χ4v) is 8.01. The van der Waals surface area contributed by atoms with Crippen LogP contribution in [0.4, 0.5) is 0 Å². The van der Waals surface area contributed by atoms with Crippen molar-refractivity contribution in [2.24, 2.45) is 10.8 Å². The molecule has 2 atom stereocenters. The zero-order chi connectivity index (χ0) is 28.8. The lowest BCUT2D eigenvalue weighted by Gasteiger charge is -2.55. The molecule has 0 saturated heterocycles. The molecule has 2 heteroatoms. The minimum atomic E-state index is -0.241. The Hall–Kier alpha value is -5.21. The van der Waals surface area contributed by atoms with Crippen LogP contribution in [-0.2, 0) is 0 Å². The van der Waals surface area contributed by atoms with E-state index >= 15 is 0 Å². The highest BCUT2D eigenvalue weighted by molar-refractivity contribution is 6.12. The highest BCUT2D eigenvalue weighted by Gasteiger charge is 2.55. The van der Waals surface area contributed by atoms with E-state index in [-0.39, 0.29) is 10.8 Å². The largest absolute Gasteiger partial charge is 0.292 e. The van der Waals surface area contributed by atoms with Gasteiger partial charge in [0, 0.05) is 22.1 Å². The predicted molar refractivity (Wildman–Crippen MR) is 180 cm³/mol. The van der Waals surface area contributed by atoms with Crippen molar-refractivity contribution in [3.8, 4) is 17.1 Å². The van der Waals surface area contributed by atoms with Gasteiger partial charge < -0.3 is 0 Å². The van der Waals surface area contributed by atoms with Gasteiger partial charge >= 0.3 is 0 Å². The maximum absolute atomic E-state index is 5.26. The number of imidazole rings is 1. The van der Waals surface area contributed by atoms with E-state index in [9.17, 15) is 0 Å². The van der Waals surface area contributed by atoms with Crippen molar-refractivity contribution in [1.82, 2.24) is 9.55 Å². The average Bonchev–Trinajstić information content (AvgIpc) is 3.43. The normalized spacial score (nSPS) is 21.8. The lowest BCUT2D eigenvalue weighted by Crippen LogP contribution is -2.43. The molecule has 0 fully saturated rings. The van der Waals surface area contributed by atoms with Crippen LogP contribution >= 0.6 is 0 Å². The molecule has 0 N–H and O–H groups in total. The summed E-state index contributed by atoms with van der Waals surface area (Å²) in [5, 5.41) is 2.68. The zero-order valence-electron chi connectivity index (χ0n) is 24.3. The molecule has 3 aliphatic rings. The van der Waals surface area contributed by atoms with E-state index in [2.05, 4.69) is 164 Å². The van der Waals surface area contributed by atoms with E-state index in [1.807, 2.05) is 0 Å². The van der Waals surface area contributed by atoms with Crippen LogP contribution in [0.25, 0.3) is 55.6 Å². The van der Waals surface area contributed by atoms with Crippen molar-refractivity contribution in [1.29, 1.82) is 0 Å². The lowest BCUT2D eigenvalue weighted by molar-refractivity contribution is 0.350. The predicted octanol–water partition coefficient (Wildman–Crippen LogP) is 10.3. The second kappa shape index (κ2) is 8.65. The molecule has 0 radical (unpaired) electrons. The highest BCUT2D eigenvalue weighted by atomic mass is 15.1. The quantitative estimate of drug-likeness (QED) is 0.214. The van der Waals surface area contributed by atoms with Crippen molar-refractivity contribution in [3.05, 3.63) is 162 Å². The van der Waals surface area contributed by atoms with E-state index in [1.54, 1.807) is 0 Å². The van der Waals surface area contributed by atoms with Gasteiger partial charge in [-0.3, -0.25) is 4.57 Å². The number of rotatable bonds is 3. The van der Waals surface area contributed by atoms with Crippen LogP contribution in [0.15, 0.2) is 146 Å². The van der Waals surface area contributed by atoms with Gasteiger partial charge in [0.15, 0.2) is 0 Å². The van der Waals surface area contributed by atoms with Crippen LogP contribution < -0.4 is 0 Å². The molecular formula is C41H30N2. The van der Waals surface area contributed by atoms with Crippen molar-refractivity contribution in [2.75, 3.05) is 0 Å². The number of allylic oxidation sites excluding steroid dienone is 8. The number of nitrogens with zero attached hydrogens (tertiary/aromatic N) is 2. The Morgan fingerprint density at radius 3 is 2.02 bits per heavy atom. The molecule has 6 aromatic rings. The second-order valence-corrected chi connectivity index (χ2v) is 12.3. The number of hydrogen-bond donors (Lipinski definition) is 0. The molecule has 0 aliphatic heterocycles. The van der Waals surface area contributed by atoms with E-state index in [0.29, 0.717) is 0 Å². The first-order valence-electron chi connectivity index (χ1n) is 15.1. The first-order chi connectivity index (χ1) is 21.1. The molecule has 1 aromatic heterocycles. The maximum atomic E-state index is 5.26. The molecule has 5 aromatic carbocycles. The van der Waals surface area contributed by atoms with Crippen LogP contribution in [0.5, 0.6) is 0 Å². The molecule has 43 heavy (non-hydrogen) atoms. The molecule has 9 rings (SSSR count). The minimum absolute atomic E-state index is 0.206. The summed E-state index contributed by atoms with van der Waals surface area (Å²) in [6, 6.07) is 41.4. The van der Waals surface area contributed by atoms with Gasteiger partial charge in [-0.1, -0.05) is 135 Å². The fourth-order valence-electron chi connectivity index (χ4n) is 8.01. The monoisotopic (exact) mass is 550 g/mol. The molecule has 0 spiro atoms. The van der Waals surface area contributed by atoms with Crippen LogP contribution in [-0.4, -0.2) is 9.55 Å². The van der Waals surface area contributed by atoms with Gasteiger partial charge in [0.2, 0.25) is 0 Å². The van der Waals surface area contributed by atoms with Crippen molar-refractivity contribution in [2.45, 2.75) is 13.8 Å². The van der Waals surface area contributed by atoms with Gasteiger partial charge in [-0.05, 0) is 68.4 Å². The lowest BCUT2D eigenvalue weighted by atomic mass is 9.47. The van der Waals surface area contributed by atoms with E-state index in [0.717, 1.165) is 28.1 Å². The van der Waals surface area contributed by atoms with E-state index in [4.69, 9.17) is 4.98 Å². The standard InChI is InChI=1S/C41H30N2/c1-40-25-11-20-34-31-18-9-14-27-15-10-19-32(38(27)31)35(41(34,40)2)23-22-33(40)29-21-24-37-36(26-29)42-39(28-12-5-3-6-13-28)43(37)30-16-7-4-8-17-30/h3-26H,1-2H3. The number of benzene rings is 5. The Balaban J connectivity index is 1.27. The number of hydrogen-bond acceptors (Lipinski definition) is 1. The topological polar surface area (TPSA) is 17.8 Å². The Bertz CT molecular complexity index is 2240. The van der Waals surface area contributed by atoms with Crippen LogP contribution in [0.1, 0.15) is 30.5 Å². The Labute approximate surface area is 251 Å². The zero-order valence-corrected chi connectivity index (χ0v) is 24.3. The van der Waals surface area contributed by atoms with E-state index < -0.39 is 0 Å². The fraction of sp³-hybridized carbons (Fsp3) is 0.0976. The molecule has 0 amide bonds. The third-order valence-corrected chi connectivity index (χ3v) is 10.3. The molecule has 0 bridgehead atoms. The summed E-state index contributed by atoms with van der Waals surface area (Å²) in [7, 11) is 0. The molecule has 2 unspecified atom stereocenters. The number of para-hydroxylation sites is 1. The summed E-state index contributed by atoms with van der Waals surface area (Å²) in [6.45, 7) is 4.87. The molecule has 204 valence electrons. The van der Waals surface area contributed by atoms with Gasteiger partial charge in [-0.25, -0.2) is 4.98 Å². The average molecular weight is 551 g/mol. The molecule has 3 aliphatic carbocycles. The van der Waals surface area contributed by atoms with Crippen LogP contribution in [0, 0.1) is 10.8 Å². The van der Waals surface area contributed by atoms with Gasteiger partial charge in [-0.15, -0.1) is 0 Å². The van der Waals surface area contributed by atoms with Crippen molar-refractivity contribution >= 4 is 38.5 Å². The third-order valence-electron chi connectivity index (χ3n) is 10.3. The van der Waals surface area contributed by atoms with Crippen LogP contribution in [0.2, 0.25) is 0 Å². The molecule has 1 heterocycles. The SMILES string of the molecule is CC12C=CC=C3c4cccc5cccc(c45)C(=CC=C1c1ccc4c(c1)nc(-c1ccccc1)n4-c1ccccc1)C32C. The Morgan fingerprint density at radius 1 is 0.605 bits per heavy atom. The van der Waals surface area contributed by atoms with Gasteiger partial charge in [0.25, 0.3) is 0 Å². The first kappa shape index (κ1) is 24.4. The summed E-state index contributed by atoms with van der Waals surface area (Å²) < 4.78 is 2.28. The summed E-state index contributed by atoms with van der Waals surface area (Å²) in [6.07, 6.45) is 11.8. The molecular weight excluding hydrogens is 520 g/mol. The van der Waals surface area contributed by atoms with E-state index in [1.165, 1.54) is 44.2 Å². The summed E-state index contributed by atoms with van der Waals surface area (Å²) in [5.74, 6) is 0.955. The molecule has 0 saturated carbocycles. The summed E-state index contributed by atoms with van der Waals surface area (Å²) in [4.78, 5) is 5.26. The van der Waals surface area contributed by atoms with Crippen molar-refractivity contribution in [3.63, 3.8) is 0 Å². The van der Waals surface area contributed by atoms with Gasteiger partial charge in [-0.2, -0.15) is 0 Å². The third kappa shape index (κ3) is 3.16. The van der Waals surface area contributed by atoms with Crippen molar-refractivity contribution < 1.29 is 0 Å².